The summed E-state index contributed by atoms with van der Waals surface area (Å²) in [7, 11) is 0. The Morgan fingerprint density at radius 3 is 2.89 bits per heavy atom. The molecule has 1 aromatic heterocycles. The van der Waals surface area contributed by atoms with Gasteiger partial charge in [0, 0.05) is 12.1 Å². The Morgan fingerprint density at radius 2 is 2.21 bits per heavy atom. The zero-order valence-electron chi connectivity index (χ0n) is 10.2. The first-order chi connectivity index (χ1) is 9.16. The van der Waals surface area contributed by atoms with Crippen molar-refractivity contribution < 1.29 is 14.3 Å². The molecule has 0 radical (unpaired) electrons. The van der Waals surface area contributed by atoms with Gasteiger partial charge in [-0.15, -0.1) is 0 Å². The minimum atomic E-state index is -1.04. The Balaban J connectivity index is 1.88. The predicted octanol–water partition coefficient (Wildman–Crippen LogP) is 2.92. The van der Waals surface area contributed by atoms with Crippen LogP contribution in [0.5, 0.6) is 0 Å². The number of thiophene rings is 1. The number of carboxylic acid groups (broad SMARTS) is 1. The predicted molar refractivity (Wildman–Crippen MR) is 73.1 cm³/mol. The first-order valence-electron chi connectivity index (χ1n) is 5.90. The lowest BCUT2D eigenvalue weighted by Crippen LogP contribution is -2.17. The monoisotopic (exact) mass is 279 g/mol. The van der Waals surface area contributed by atoms with Crippen molar-refractivity contribution in [3.8, 4) is 0 Å². The molecule has 0 fully saturated rings. The molecular weight excluding hydrogens is 265 g/mol. The number of carbonyl (C=O) groups is 1. The van der Waals surface area contributed by atoms with Gasteiger partial charge in [0.2, 0.25) is 0 Å². The highest BCUT2D eigenvalue weighted by Gasteiger charge is 2.07. The SMILES string of the molecule is O=C(O)c1ccc(F)c(CNCCc2ccsc2)c1. The summed E-state index contributed by atoms with van der Waals surface area (Å²) in [5.41, 5.74) is 1.73. The number of hydrogen-bond acceptors (Lipinski definition) is 3. The van der Waals surface area contributed by atoms with Crippen LogP contribution < -0.4 is 5.32 Å². The molecule has 3 nitrogen and oxygen atoms in total. The molecule has 1 heterocycles. The number of aromatic carboxylic acids is 1. The molecule has 0 spiro atoms. The molecule has 0 aliphatic rings. The molecular formula is C14H14FNO2S. The number of rotatable bonds is 6. The van der Waals surface area contributed by atoms with Crippen LogP contribution in [-0.4, -0.2) is 17.6 Å². The number of carboxylic acids is 1. The van der Waals surface area contributed by atoms with E-state index >= 15 is 0 Å². The van der Waals surface area contributed by atoms with Crippen LogP contribution >= 0.6 is 11.3 Å². The van der Waals surface area contributed by atoms with Gasteiger partial charge in [-0.05, 0) is 53.6 Å². The molecule has 100 valence electrons. The highest BCUT2D eigenvalue weighted by atomic mass is 32.1. The van der Waals surface area contributed by atoms with Gasteiger partial charge in [0.15, 0.2) is 0 Å². The maximum absolute atomic E-state index is 13.5. The average molecular weight is 279 g/mol. The van der Waals surface area contributed by atoms with Gasteiger partial charge < -0.3 is 10.4 Å². The normalized spacial score (nSPS) is 10.6. The van der Waals surface area contributed by atoms with Gasteiger partial charge in [-0.2, -0.15) is 11.3 Å². The molecule has 2 N–H and O–H groups in total. The fraction of sp³-hybridized carbons (Fsp3) is 0.214. The third kappa shape index (κ3) is 3.87. The Kier molecular flexibility index (Phi) is 4.65. The fourth-order valence-electron chi connectivity index (χ4n) is 1.73. The van der Waals surface area contributed by atoms with Crippen LogP contribution in [0.2, 0.25) is 0 Å². The van der Waals surface area contributed by atoms with Crippen LogP contribution in [0.4, 0.5) is 4.39 Å². The molecule has 5 heteroatoms. The Hall–Kier alpha value is -1.72. The highest BCUT2D eigenvalue weighted by molar-refractivity contribution is 7.07. The van der Waals surface area contributed by atoms with Crippen LogP contribution in [0.25, 0.3) is 0 Å². The van der Waals surface area contributed by atoms with E-state index < -0.39 is 5.97 Å². The molecule has 0 unspecified atom stereocenters. The van der Waals surface area contributed by atoms with E-state index in [4.69, 9.17) is 5.11 Å². The molecule has 2 aromatic rings. The van der Waals surface area contributed by atoms with Crippen molar-refractivity contribution in [2.24, 2.45) is 0 Å². The Labute approximate surface area is 114 Å². The molecule has 0 atom stereocenters. The summed E-state index contributed by atoms with van der Waals surface area (Å²) in [6.07, 6.45) is 0.879. The second kappa shape index (κ2) is 6.45. The van der Waals surface area contributed by atoms with Gasteiger partial charge in [0.25, 0.3) is 0 Å². The van der Waals surface area contributed by atoms with Crippen LogP contribution in [0.15, 0.2) is 35.0 Å². The van der Waals surface area contributed by atoms with Crippen molar-refractivity contribution >= 4 is 17.3 Å². The summed E-state index contributed by atoms with van der Waals surface area (Å²) >= 11 is 1.65. The molecule has 0 aliphatic heterocycles. The standard InChI is InChI=1S/C14H14FNO2S/c15-13-2-1-11(14(17)18)7-12(13)8-16-5-3-10-4-6-19-9-10/h1-2,4,6-7,9,16H,3,5,8H2,(H,17,18). The van der Waals surface area contributed by atoms with E-state index in [1.54, 1.807) is 11.3 Å². The lowest BCUT2D eigenvalue weighted by molar-refractivity contribution is 0.0696. The molecule has 19 heavy (non-hydrogen) atoms. The van der Waals surface area contributed by atoms with Crippen molar-refractivity contribution in [3.63, 3.8) is 0 Å². The topological polar surface area (TPSA) is 49.3 Å². The largest absolute Gasteiger partial charge is 0.478 e. The van der Waals surface area contributed by atoms with E-state index in [0.717, 1.165) is 13.0 Å². The lowest BCUT2D eigenvalue weighted by atomic mass is 10.1. The Bertz CT molecular complexity index is 555. The van der Waals surface area contributed by atoms with Gasteiger partial charge in [-0.3, -0.25) is 0 Å². The summed E-state index contributed by atoms with van der Waals surface area (Å²) in [6.45, 7) is 1.06. The molecule has 0 bridgehead atoms. The van der Waals surface area contributed by atoms with E-state index in [1.165, 1.54) is 23.8 Å². The van der Waals surface area contributed by atoms with Crippen LogP contribution in [0, 0.1) is 5.82 Å². The van der Waals surface area contributed by atoms with Gasteiger partial charge in [0.05, 0.1) is 5.56 Å². The maximum Gasteiger partial charge on any atom is 0.335 e. The van der Waals surface area contributed by atoms with Crippen LogP contribution in [-0.2, 0) is 13.0 Å². The number of benzene rings is 1. The van der Waals surface area contributed by atoms with Gasteiger partial charge in [-0.1, -0.05) is 0 Å². The van der Waals surface area contributed by atoms with Crippen molar-refractivity contribution in [2.45, 2.75) is 13.0 Å². The number of hydrogen-bond donors (Lipinski definition) is 2. The first kappa shape index (κ1) is 13.7. The second-order valence-corrected chi connectivity index (χ2v) is 4.95. The molecule has 1 aromatic carbocycles. The van der Waals surface area contributed by atoms with Crippen LogP contribution in [0.1, 0.15) is 21.5 Å². The van der Waals surface area contributed by atoms with Gasteiger partial charge in [-0.25, -0.2) is 9.18 Å². The van der Waals surface area contributed by atoms with E-state index in [-0.39, 0.29) is 11.4 Å². The van der Waals surface area contributed by atoms with Crippen molar-refractivity contribution in [2.75, 3.05) is 6.54 Å². The van der Waals surface area contributed by atoms with Gasteiger partial charge in [0.1, 0.15) is 5.82 Å². The molecule has 0 saturated carbocycles. The number of nitrogens with one attached hydrogen (secondary N) is 1. The summed E-state index contributed by atoms with van der Waals surface area (Å²) < 4.78 is 13.5. The molecule has 0 amide bonds. The third-order valence-electron chi connectivity index (χ3n) is 2.78. The summed E-state index contributed by atoms with van der Waals surface area (Å²) in [5.74, 6) is -1.42. The summed E-state index contributed by atoms with van der Waals surface area (Å²) in [5, 5.41) is 16.1. The van der Waals surface area contributed by atoms with E-state index in [2.05, 4.69) is 16.8 Å². The molecule has 0 saturated heterocycles. The van der Waals surface area contributed by atoms with Crippen LogP contribution in [0.3, 0.4) is 0 Å². The first-order valence-corrected chi connectivity index (χ1v) is 6.84. The maximum atomic E-state index is 13.5. The number of halogens is 1. The Morgan fingerprint density at radius 1 is 1.37 bits per heavy atom. The average Bonchev–Trinajstić information content (AvgIpc) is 2.89. The second-order valence-electron chi connectivity index (χ2n) is 4.17. The smallest absolute Gasteiger partial charge is 0.335 e. The van der Waals surface area contributed by atoms with E-state index in [1.807, 2.05) is 5.38 Å². The zero-order valence-corrected chi connectivity index (χ0v) is 11.0. The summed E-state index contributed by atoms with van der Waals surface area (Å²) in [4.78, 5) is 10.8. The quantitative estimate of drug-likeness (QED) is 0.799. The van der Waals surface area contributed by atoms with Crippen molar-refractivity contribution in [1.82, 2.24) is 5.32 Å². The summed E-state index contributed by atoms with van der Waals surface area (Å²) in [6, 6.07) is 5.89. The van der Waals surface area contributed by atoms with Crippen molar-refractivity contribution in [1.29, 1.82) is 0 Å². The van der Waals surface area contributed by atoms with E-state index in [0.29, 0.717) is 12.1 Å². The molecule has 2 rings (SSSR count). The molecule has 0 aliphatic carbocycles. The van der Waals surface area contributed by atoms with Gasteiger partial charge >= 0.3 is 5.97 Å². The fourth-order valence-corrected chi connectivity index (χ4v) is 2.44. The zero-order chi connectivity index (χ0) is 13.7. The minimum Gasteiger partial charge on any atom is -0.478 e. The minimum absolute atomic E-state index is 0.107. The third-order valence-corrected chi connectivity index (χ3v) is 3.51. The lowest BCUT2D eigenvalue weighted by Gasteiger charge is -2.06. The highest BCUT2D eigenvalue weighted by Crippen LogP contribution is 2.11. The van der Waals surface area contributed by atoms with E-state index in [9.17, 15) is 9.18 Å². The van der Waals surface area contributed by atoms with Crippen molar-refractivity contribution in [3.05, 3.63) is 57.5 Å².